The number of nitrogens with one attached hydrogen (secondary N) is 1. The Morgan fingerprint density at radius 2 is 1.86 bits per heavy atom. The van der Waals surface area contributed by atoms with Gasteiger partial charge < -0.3 is 5.32 Å². The van der Waals surface area contributed by atoms with E-state index >= 15 is 0 Å². The minimum atomic E-state index is -0.0569. The van der Waals surface area contributed by atoms with Gasteiger partial charge in [-0.05, 0) is 43.0 Å². The van der Waals surface area contributed by atoms with Gasteiger partial charge in [0.25, 0.3) is 0 Å². The molecular formula is C18H26ClNO2. The lowest BCUT2D eigenvalue weighted by atomic mass is 10.0. The van der Waals surface area contributed by atoms with Gasteiger partial charge in [-0.2, -0.15) is 0 Å². The second-order valence-corrected chi connectivity index (χ2v) is 6.38. The Balaban J connectivity index is 2.48. The van der Waals surface area contributed by atoms with Crippen molar-refractivity contribution in [2.75, 3.05) is 5.32 Å². The van der Waals surface area contributed by atoms with Gasteiger partial charge >= 0.3 is 0 Å². The lowest BCUT2D eigenvalue weighted by Crippen LogP contribution is -2.17. The zero-order valence-electron chi connectivity index (χ0n) is 13.7. The SMILES string of the molecule is CCC(=O)CCCCCc1cc(Cl)cc(NC(=O)C(C)C)c1. The fourth-order valence-electron chi connectivity index (χ4n) is 2.16. The van der Waals surface area contributed by atoms with Crippen LogP contribution in [0.5, 0.6) is 0 Å². The molecular weight excluding hydrogens is 298 g/mol. The van der Waals surface area contributed by atoms with E-state index < -0.39 is 0 Å². The Hall–Kier alpha value is -1.35. The first-order valence-electron chi connectivity index (χ1n) is 8.04. The topological polar surface area (TPSA) is 46.2 Å². The van der Waals surface area contributed by atoms with Crippen molar-refractivity contribution >= 4 is 29.0 Å². The normalized spacial score (nSPS) is 10.8. The number of Topliss-reactive ketones (excluding diaryl/α,β-unsaturated/α-hetero) is 1. The number of carbonyl (C=O) groups excluding carboxylic acids is 2. The van der Waals surface area contributed by atoms with Gasteiger partial charge in [0.2, 0.25) is 5.91 Å². The van der Waals surface area contributed by atoms with Crippen molar-refractivity contribution in [2.24, 2.45) is 5.92 Å². The molecule has 0 aliphatic heterocycles. The fourth-order valence-corrected chi connectivity index (χ4v) is 2.42. The van der Waals surface area contributed by atoms with Crippen LogP contribution in [0.3, 0.4) is 0 Å². The first-order valence-corrected chi connectivity index (χ1v) is 8.42. The summed E-state index contributed by atoms with van der Waals surface area (Å²) in [7, 11) is 0. The molecule has 0 bridgehead atoms. The second kappa shape index (κ2) is 9.62. The van der Waals surface area contributed by atoms with E-state index in [1.807, 2.05) is 32.9 Å². The maximum absolute atomic E-state index is 11.7. The van der Waals surface area contributed by atoms with E-state index in [4.69, 9.17) is 11.6 Å². The highest BCUT2D eigenvalue weighted by molar-refractivity contribution is 6.31. The minimum Gasteiger partial charge on any atom is -0.326 e. The van der Waals surface area contributed by atoms with Crippen molar-refractivity contribution in [1.29, 1.82) is 0 Å². The molecule has 0 spiro atoms. The highest BCUT2D eigenvalue weighted by atomic mass is 35.5. The van der Waals surface area contributed by atoms with Crippen LogP contribution in [0.1, 0.15) is 58.4 Å². The van der Waals surface area contributed by atoms with E-state index in [0.717, 1.165) is 36.9 Å². The molecule has 0 unspecified atom stereocenters. The molecule has 0 atom stereocenters. The summed E-state index contributed by atoms with van der Waals surface area (Å²) in [6, 6.07) is 5.68. The smallest absolute Gasteiger partial charge is 0.226 e. The molecule has 1 aromatic rings. The number of hydrogen-bond donors (Lipinski definition) is 1. The van der Waals surface area contributed by atoms with Crippen LogP contribution in [0.2, 0.25) is 5.02 Å². The van der Waals surface area contributed by atoms with Gasteiger partial charge in [0.05, 0.1) is 0 Å². The summed E-state index contributed by atoms with van der Waals surface area (Å²) >= 11 is 6.12. The van der Waals surface area contributed by atoms with E-state index in [2.05, 4.69) is 5.32 Å². The van der Waals surface area contributed by atoms with Gasteiger partial charge in [-0.15, -0.1) is 0 Å². The fraction of sp³-hybridized carbons (Fsp3) is 0.556. The second-order valence-electron chi connectivity index (χ2n) is 5.94. The summed E-state index contributed by atoms with van der Waals surface area (Å²) in [5, 5.41) is 3.52. The number of amides is 1. The number of benzene rings is 1. The molecule has 22 heavy (non-hydrogen) atoms. The van der Waals surface area contributed by atoms with Gasteiger partial charge in [0.1, 0.15) is 5.78 Å². The quantitative estimate of drug-likeness (QED) is 0.649. The van der Waals surface area contributed by atoms with Crippen LogP contribution < -0.4 is 5.32 Å². The van der Waals surface area contributed by atoms with E-state index in [1.54, 1.807) is 6.07 Å². The molecule has 0 heterocycles. The molecule has 0 saturated carbocycles. The summed E-state index contributed by atoms with van der Waals surface area (Å²) in [6.45, 7) is 5.62. The van der Waals surface area contributed by atoms with Crippen molar-refractivity contribution in [1.82, 2.24) is 0 Å². The van der Waals surface area contributed by atoms with Crippen molar-refractivity contribution in [3.63, 3.8) is 0 Å². The maximum Gasteiger partial charge on any atom is 0.226 e. The zero-order chi connectivity index (χ0) is 16.5. The molecule has 0 saturated heterocycles. The molecule has 0 radical (unpaired) electrons. The Labute approximate surface area is 138 Å². The first kappa shape index (κ1) is 18.7. The number of halogens is 1. The molecule has 1 rings (SSSR count). The van der Waals surface area contributed by atoms with Crippen LogP contribution in [0.15, 0.2) is 18.2 Å². The summed E-state index contributed by atoms with van der Waals surface area (Å²) in [5.74, 6) is 0.270. The average Bonchev–Trinajstić information content (AvgIpc) is 2.45. The van der Waals surface area contributed by atoms with Crippen molar-refractivity contribution in [2.45, 2.75) is 59.3 Å². The number of hydrogen-bond acceptors (Lipinski definition) is 2. The van der Waals surface area contributed by atoms with Crippen LogP contribution in [0.4, 0.5) is 5.69 Å². The molecule has 0 aromatic heterocycles. The number of carbonyl (C=O) groups is 2. The standard InChI is InChI=1S/C18H26ClNO2/c1-4-17(21)9-7-5-6-8-14-10-15(19)12-16(11-14)20-18(22)13(2)3/h10-13H,4-9H2,1-3H3,(H,20,22). The molecule has 1 amide bonds. The molecule has 1 aromatic carbocycles. The average molecular weight is 324 g/mol. The van der Waals surface area contributed by atoms with Gasteiger partial charge in [-0.25, -0.2) is 0 Å². The van der Waals surface area contributed by atoms with E-state index in [1.165, 1.54) is 0 Å². The monoisotopic (exact) mass is 323 g/mol. The van der Waals surface area contributed by atoms with Gasteiger partial charge in [-0.1, -0.05) is 38.8 Å². The summed E-state index contributed by atoms with van der Waals surface area (Å²) in [5.41, 5.74) is 1.87. The Kier molecular flexibility index (Phi) is 8.18. The third-order valence-corrected chi connectivity index (χ3v) is 3.78. The van der Waals surface area contributed by atoms with Gasteiger partial charge in [0, 0.05) is 29.5 Å². The highest BCUT2D eigenvalue weighted by Crippen LogP contribution is 2.21. The zero-order valence-corrected chi connectivity index (χ0v) is 14.5. The molecule has 0 fully saturated rings. The van der Waals surface area contributed by atoms with E-state index in [-0.39, 0.29) is 11.8 Å². The Bertz CT molecular complexity index is 512. The van der Waals surface area contributed by atoms with Crippen molar-refractivity contribution in [3.8, 4) is 0 Å². The van der Waals surface area contributed by atoms with Crippen LogP contribution in [-0.4, -0.2) is 11.7 Å². The summed E-state index contributed by atoms with van der Waals surface area (Å²) in [4.78, 5) is 23.0. The molecule has 0 aliphatic carbocycles. The molecule has 3 nitrogen and oxygen atoms in total. The number of rotatable bonds is 9. The van der Waals surface area contributed by atoms with Gasteiger partial charge in [0.15, 0.2) is 0 Å². The molecule has 122 valence electrons. The largest absolute Gasteiger partial charge is 0.326 e. The molecule has 4 heteroatoms. The molecule has 1 N–H and O–H groups in total. The highest BCUT2D eigenvalue weighted by Gasteiger charge is 2.08. The lowest BCUT2D eigenvalue weighted by Gasteiger charge is -2.10. The van der Waals surface area contributed by atoms with Crippen molar-refractivity contribution < 1.29 is 9.59 Å². The Morgan fingerprint density at radius 3 is 2.50 bits per heavy atom. The van der Waals surface area contributed by atoms with Crippen LogP contribution >= 0.6 is 11.6 Å². The molecule has 0 aliphatic rings. The number of ketones is 1. The summed E-state index contributed by atoms with van der Waals surface area (Å²) < 4.78 is 0. The third-order valence-electron chi connectivity index (χ3n) is 3.56. The van der Waals surface area contributed by atoms with E-state index in [9.17, 15) is 9.59 Å². The predicted molar refractivity (Wildman–Crippen MR) is 92.4 cm³/mol. The predicted octanol–water partition coefficient (Wildman–Crippen LogP) is 5.02. The van der Waals surface area contributed by atoms with Crippen LogP contribution in [-0.2, 0) is 16.0 Å². The maximum atomic E-state index is 11.7. The van der Waals surface area contributed by atoms with Crippen LogP contribution in [0, 0.1) is 5.92 Å². The van der Waals surface area contributed by atoms with E-state index in [0.29, 0.717) is 23.6 Å². The first-order chi connectivity index (χ1) is 10.4. The van der Waals surface area contributed by atoms with Crippen LogP contribution in [0.25, 0.3) is 0 Å². The lowest BCUT2D eigenvalue weighted by molar-refractivity contribution is -0.119. The number of unbranched alkanes of at least 4 members (excludes halogenated alkanes) is 2. The number of anilines is 1. The third kappa shape index (κ3) is 7.08. The van der Waals surface area contributed by atoms with Crippen molar-refractivity contribution in [3.05, 3.63) is 28.8 Å². The number of aryl methyl sites for hydroxylation is 1. The van der Waals surface area contributed by atoms with Gasteiger partial charge in [-0.3, -0.25) is 9.59 Å². The summed E-state index contributed by atoms with van der Waals surface area (Å²) in [6.07, 6.45) is 5.23. The Morgan fingerprint density at radius 1 is 1.14 bits per heavy atom. The minimum absolute atomic E-state index is 0.00806.